The topological polar surface area (TPSA) is 79.4 Å². The highest BCUT2D eigenvalue weighted by molar-refractivity contribution is 7.89. The fourth-order valence-electron chi connectivity index (χ4n) is 2.61. The minimum Gasteiger partial charge on any atom is -0.298 e. The Morgan fingerprint density at radius 1 is 1.14 bits per heavy atom. The lowest BCUT2D eigenvalue weighted by molar-refractivity contribution is 0.102. The first-order valence-corrected chi connectivity index (χ1v) is 11.2. The van der Waals surface area contributed by atoms with Gasteiger partial charge < -0.3 is 0 Å². The molecule has 1 amide bonds. The number of benzene rings is 2. The highest BCUT2D eigenvalue weighted by Gasteiger charge is 2.22. The predicted octanol–water partition coefficient (Wildman–Crippen LogP) is 4.56. The van der Waals surface area contributed by atoms with Crippen LogP contribution in [0.2, 0.25) is 5.02 Å². The molecule has 0 atom stereocenters. The second kappa shape index (κ2) is 8.87. The van der Waals surface area contributed by atoms with Crippen molar-refractivity contribution in [3.8, 4) is 0 Å². The molecule has 0 saturated carbocycles. The SMILES string of the molecule is C=CCN(CC=C)S(=O)(=O)c1ccc(C(=O)Nc2nc3ccc(Cl)cc3s2)cc1. The van der Waals surface area contributed by atoms with E-state index in [9.17, 15) is 13.2 Å². The van der Waals surface area contributed by atoms with Crippen LogP contribution in [0.1, 0.15) is 10.4 Å². The third kappa shape index (κ3) is 4.73. The van der Waals surface area contributed by atoms with Crippen molar-refractivity contribution in [2.45, 2.75) is 4.90 Å². The summed E-state index contributed by atoms with van der Waals surface area (Å²) in [4.78, 5) is 16.9. The van der Waals surface area contributed by atoms with Gasteiger partial charge >= 0.3 is 0 Å². The zero-order valence-electron chi connectivity index (χ0n) is 15.3. The van der Waals surface area contributed by atoms with E-state index in [0.29, 0.717) is 15.7 Å². The van der Waals surface area contributed by atoms with E-state index in [1.165, 1.54) is 52.1 Å². The maximum atomic E-state index is 12.7. The van der Waals surface area contributed by atoms with E-state index in [4.69, 9.17) is 11.6 Å². The molecule has 0 aliphatic heterocycles. The standard InChI is InChI=1S/C20H18ClN3O3S2/c1-3-11-24(12-4-2)29(26,27)16-8-5-14(6-9-16)19(25)23-20-22-17-10-7-15(21)13-18(17)28-20/h3-10,13H,1-2,11-12H2,(H,22,23,25). The highest BCUT2D eigenvalue weighted by atomic mass is 35.5. The van der Waals surface area contributed by atoms with Gasteiger partial charge in [-0.2, -0.15) is 4.31 Å². The minimum atomic E-state index is -3.71. The smallest absolute Gasteiger partial charge is 0.257 e. The second-order valence-electron chi connectivity index (χ2n) is 6.01. The number of hydrogen-bond acceptors (Lipinski definition) is 5. The maximum absolute atomic E-state index is 12.7. The van der Waals surface area contributed by atoms with Gasteiger partial charge in [0, 0.05) is 23.7 Å². The molecule has 6 nitrogen and oxygen atoms in total. The number of nitrogens with one attached hydrogen (secondary N) is 1. The third-order valence-electron chi connectivity index (χ3n) is 3.99. The molecule has 3 aromatic rings. The van der Waals surface area contributed by atoms with Gasteiger partial charge in [0.2, 0.25) is 10.0 Å². The Kier molecular flexibility index (Phi) is 6.49. The molecular formula is C20H18ClN3O3S2. The van der Waals surface area contributed by atoms with Gasteiger partial charge in [0.25, 0.3) is 5.91 Å². The monoisotopic (exact) mass is 447 g/mol. The highest BCUT2D eigenvalue weighted by Crippen LogP contribution is 2.28. The van der Waals surface area contributed by atoms with Crippen molar-refractivity contribution < 1.29 is 13.2 Å². The van der Waals surface area contributed by atoms with Gasteiger partial charge in [-0.3, -0.25) is 10.1 Å². The van der Waals surface area contributed by atoms with E-state index >= 15 is 0 Å². The number of anilines is 1. The minimum absolute atomic E-state index is 0.0902. The summed E-state index contributed by atoms with van der Waals surface area (Å²) in [6.45, 7) is 7.49. The van der Waals surface area contributed by atoms with Crippen molar-refractivity contribution >= 4 is 54.2 Å². The average molecular weight is 448 g/mol. The maximum Gasteiger partial charge on any atom is 0.257 e. The number of thiazole rings is 1. The van der Waals surface area contributed by atoms with E-state index in [2.05, 4.69) is 23.5 Å². The zero-order valence-corrected chi connectivity index (χ0v) is 17.7. The van der Waals surface area contributed by atoms with Crippen LogP contribution in [0.15, 0.2) is 72.7 Å². The quantitative estimate of drug-likeness (QED) is 0.513. The Labute approximate surface area is 178 Å². The summed E-state index contributed by atoms with van der Waals surface area (Å²) in [5.74, 6) is -0.381. The molecule has 1 heterocycles. The first-order chi connectivity index (χ1) is 13.8. The van der Waals surface area contributed by atoms with E-state index in [-0.39, 0.29) is 23.9 Å². The summed E-state index contributed by atoms with van der Waals surface area (Å²) < 4.78 is 27.5. The summed E-state index contributed by atoms with van der Waals surface area (Å²) in [5.41, 5.74) is 1.06. The predicted molar refractivity (Wildman–Crippen MR) is 118 cm³/mol. The molecule has 9 heteroatoms. The van der Waals surface area contributed by atoms with Crippen molar-refractivity contribution in [2.75, 3.05) is 18.4 Å². The number of carbonyl (C=O) groups excluding carboxylic acids is 1. The van der Waals surface area contributed by atoms with E-state index in [1.54, 1.807) is 18.2 Å². The van der Waals surface area contributed by atoms with Crippen LogP contribution in [-0.4, -0.2) is 36.7 Å². The Balaban J connectivity index is 1.78. The van der Waals surface area contributed by atoms with Crippen LogP contribution >= 0.6 is 22.9 Å². The number of hydrogen-bond donors (Lipinski definition) is 1. The number of aromatic nitrogens is 1. The first-order valence-electron chi connectivity index (χ1n) is 8.54. The van der Waals surface area contributed by atoms with Crippen LogP contribution in [0.3, 0.4) is 0 Å². The Hall–Kier alpha value is -2.52. The molecule has 1 aromatic heterocycles. The number of amides is 1. The van der Waals surface area contributed by atoms with Crippen LogP contribution < -0.4 is 5.32 Å². The lowest BCUT2D eigenvalue weighted by atomic mass is 10.2. The number of nitrogens with zero attached hydrogens (tertiary/aromatic N) is 2. The van der Waals surface area contributed by atoms with Crippen molar-refractivity contribution in [2.24, 2.45) is 0 Å². The Bertz CT molecular complexity index is 1160. The molecule has 3 rings (SSSR count). The molecule has 0 radical (unpaired) electrons. The number of fused-ring (bicyclic) bond motifs is 1. The van der Waals surface area contributed by atoms with Gasteiger partial charge in [-0.25, -0.2) is 13.4 Å². The van der Waals surface area contributed by atoms with E-state index < -0.39 is 10.0 Å². The molecule has 0 spiro atoms. The summed E-state index contributed by atoms with van der Waals surface area (Å²) in [5, 5.41) is 3.76. The fourth-order valence-corrected chi connectivity index (χ4v) is 5.13. The summed E-state index contributed by atoms with van der Waals surface area (Å²) >= 11 is 7.28. The van der Waals surface area contributed by atoms with Crippen LogP contribution in [0.4, 0.5) is 5.13 Å². The normalized spacial score (nSPS) is 11.5. The molecule has 150 valence electrons. The van der Waals surface area contributed by atoms with Crippen molar-refractivity contribution in [3.05, 3.63) is 78.4 Å². The molecule has 0 bridgehead atoms. The number of halogens is 1. The van der Waals surface area contributed by atoms with Gasteiger partial charge in [0.05, 0.1) is 15.1 Å². The van der Waals surface area contributed by atoms with Crippen LogP contribution in [-0.2, 0) is 10.0 Å². The number of carbonyl (C=O) groups is 1. The van der Waals surface area contributed by atoms with Crippen molar-refractivity contribution in [1.82, 2.24) is 9.29 Å². The lowest BCUT2D eigenvalue weighted by Gasteiger charge is -2.19. The number of rotatable bonds is 8. The second-order valence-corrected chi connectivity index (χ2v) is 9.41. The zero-order chi connectivity index (χ0) is 21.0. The molecule has 0 aliphatic rings. The van der Waals surface area contributed by atoms with Gasteiger partial charge in [0.15, 0.2) is 5.13 Å². The Morgan fingerprint density at radius 3 is 2.41 bits per heavy atom. The first kappa shape index (κ1) is 21.2. The van der Waals surface area contributed by atoms with Crippen LogP contribution in [0, 0.1) is 0 Å². The van der Waals surface area contributed by atoms with Crippen LogP contribution in [0.5, 0.6) is 0 Å². The van der Waals surface area contributed by atoms with Gasteiger partial charge in [-0.15, -0.1) is 13.2 Å². The Morgan fingerprint density at radius 2 is 1.79 bits per heavy atom. The molecule has 29 heavy (non-hydrogen) atoms. The average Bonchev–Trinajstić information content (AvgIpc) is 3.09. The largest absolute Gasteiger partial charge is 0.298 e. The molecule has 0 unspecified atom stereocenters. The van der Waals surface area contributed by atoms with Crippen molar-refractivity contribution in [1.29, 1.82) is 0 Å². The lowest BCUT2D eigenvalue weighted by Crippen LogP contribution is -2.31. The van der Waals surface area contributed by atoms with E-state index in [0.717, 1.165) is 10.2 Å². The van der Waals surface area contributed by atoms with Gasteiger partial charge in [-0.1, -0.05) is 35.1 Å². The molecule has 0 saturated heterocycles. The molecule has 1 N–H and O–H groups in total. The van der Waals surface area contributed by atoms with Gasteiger partial charge in [-0.05, 0) is 42.5 Å². The molecule has 0 aliphatic carbocycles. The molecule has 2 aromatic carbocycles. The third-order valence-corrected chi connectivity index (χ3v) is 7.01. The summed E-state index contributed by atoms with van der Waals surface area (Å²) in [6.07, 6.45) is 3.02. The number of sulfonamides is 1. The summed E-state index contributed by atoms with van der Waals surface area (Å²) in [6, 6.07) is 11.0. The van der Waals surface area contributed by atoms with Crippen LogP contribution in [0.25, 0.3) is 10.2 Å². The molecular weight excluding hydrogens is 430 g/mol. The fraction of sp³-hybridized carbons (Fsp3) is 0.100. The van der Waals surface area contributed by atoms with E-state index in [1.807, 2.05) is 0 Å². The summed E-state index contributed by atoms with van der Waals surface area (Å²) in [7, 11) is -3.71. The molecule has 0 fully saturated rings. The van der Waals surface area contributed by atoms with Gasteiger partial charge in [0.1, 0.15) is 0 Å². The van der Waals surface area contributed by atoms with Crippen molar-refractivity contribution in [3.63, 3.8) is 0 Å².